The maximum Gasteiger partial charge on any atom is 0.305 e. The summed E-state index contributed by atoms with van der Waals surface area (Å²) < 4.78 is 23.1. The molecule has 1 unspecified atom stereocenters. The summed E-state index contributed by atoms with van der Waals surface area (Å²) in [5, 5.41) is 12.0. The van der Waals surface area contributed by atoms with Crippen molar-refractivity contribution < 1.29 is 23.1 Å². The average Bonchev–Trinajstić information content (AvgIpc) is 3.22. The predicted octanol–water partition coefficient (Wildman–Crippen LogP) is 2.83. The lowest BCUT2D eigenvalue weighted by molar-refractivity contribution is -0.137. The van der Waals surface area contributed by atoms with Crippen LogP contribution in [0.1, 0.15) is 63.6 Å². The lowest BCUT2D eigenvalue weighted by Gasteiger charge is -2.22. The highest BCUT2D eigenvalue weighted by Crippen LogP contribution is 2.49. The number of hydrogen-bond donors (Lipinski definition) is 2. The molecule has 1 fully saturated rings. The fraction of sp³-hybridized carbons (Fsp3) is 0.600. The molecule has 2 rings (SSSR count). The molecule has 0 heterocycles. The zero-order valence-electron chi connectivity index (χ0n) is 16.4. The zero-order chi connectivity index (χ0) is 20.5. The molecule has 1 aliphatic rings. The van der Waals surface area contributed by atoms with Gasteiger partial charge in [0.05, 0.1) is 18.2 Å². The third-order valence-corrected chi connectivity index (χ3v) is 6.09. The molecule has 1 amide bonds. The van der Waals surface area contributed by atoms with E-state index in [4.69, 9.17) is 0 Å². The molecule has 2 N–H and O–H groups in total. The third-order valence-electron chi connectivity index (χ3n) is 4.95. The minimum atomic E-state index is -3.16. The van der Waals surface area contributed by atoms with E-state index >= 15 is 0 Å². The van der Waals surface area contributed by atoms with E-state index < -0.39 is 27.3 Å². The van der Waals surface area contributed by atoms with Crippen molar-refractivity contribution >= 4 is 21.7 Å². The number of carbonyl (C=O) groups is 2. The van der Waals surface area contributed by atoms with Crippen molar-refractivity contribution in [3.63, 3.8) is 0 Å². The van der Waals surface area contributed by atoms with Crippen molar-refractivity contribution in [2.75, 3.05) is 12.0 Å². The highest BCUT2D eigenvalue weighted by Gasteiger charge is 2.46. The van der Waals surface area contributed by atoms with Gasteiger partial charge in [0.1, 0.15) is 9.84 Å². The smallest absolute Gasteiger partial charge is 0.305 e. The molecule has 150 valence electrons. The Balaban J connectivity index is 2.10. The molecule has 1 atom stereocenters. The van der Waals surface area contributed by atoms with E-state index in [1.165, 1.54) is 6.26 Å². The first kappa shape index (κ1) is 21.4. The standard InChI is InChI=1S/C20H29NO5S/c1-19(2,3)15-7-5-14(6-8-15)16(11-18(23)24)21-17(22)12-20(9-10-20)13-27(4,25)26/h5-8,16H,9-13H2,1-4H3,(H,21,22)(H,23,24). The lowest BCUT2D eigenvalue weighted by atomic mass is 9.86. The van der Waals surface area contributed by atoms with E-state index in [1.54, 1.807) is 0 Å². The van der Waals surface area contributed by atoms with Crippen LogP contribution in [0.4, 0.5) is 0 Å². The Morgan fingerprint density at radius 3 is 2.15 bits per heavy atom. The fourth-order valence-corrected chi connectivity index (χ4v) is 4.84. The second-order valence-electron chi connectivity index (χ2n) is 8.84. The van der Waals surface area contributed by atoms with Crippen LogP contribution in [0.3, 0.4) is 0 Å². The number of nitrogens with one attached hydrogen (secondary N) is 1. The molecule has 0 spiro atoms. The first-order chi connectivity index (χ1) is 12.3. The summed E-state index contributed by atoms with van der Waals surface area (Å²) >= 11 is 0. The number of aliphatic carboxylic acids is 1. The number of hydrogen-bond acceptors (Lipinski definition) is 4. The van der Waals surface area contributed by atoms with Gasteiger partial charge in [0, 0.05) is 12.7 Å². The van der Waals surface area contributed by atoms with Crippen molar-refractivity contribution in [1.29, 1.82) is 0 Å². The van der Waals surface area contributed by atoms with Crippen LogP contribution >= 0.6 is 0 Å². The first-order valence-electron chi connectivity index (χ1n) is 9.09. The van der Waals surface area contributed by atoms with Crippen LogP contribution in [0.25, 0.3) is 0 Å². The van der Waals surface area contributed by atoms with Gasteiger partial charge in [0.15, 0.2) is 0 Å². The van der Waals surface area contributed by atoms with E-state index in [2.05, 4.69) is 26.1 Å². The van der Waals surface area contributed by atoms with Gasteiger partial charge < -0.3 is 10.4 Å². The van der Waals surface area contributed by atoms with Gasteiger partial charge in [-0.1, -0.05) is 45.0 Å². The topological polar surface area (TPSA) is 101 Å². The maximum absolute atomic E-state index is 12.5. The Labute approximate surface area is 161 Å². The Morgan fingerprint density at radius 2 is 1.74 bits per heavy atom. The number of rotatable bonds is 8. The van der Waals surface area contributed by atoms with E-state index in [0.29, 0.717) is 12.8 Å². The molecule has 1 aromatic carbocycles. The van der Waals surface area contributed by atoms with Crippen molar-refractivity contribution in [2.45, 2.75) is 57.9 Å². The van der Waals surface area contributed by atoms with Gasteiger partial charge in [-0.3, -0.25) is 9.59 Å². The molecule has 1 saturated carbocycles. The van der Waals surface area contributed by atoms with E-state index in [0.717, 1.165) is 11.1 Å². The minimum absolute atomic E-state index is 0.00268. The molecule has 7 heteroatoms. The van der Waals surface area contributed by atoms with Gasteiger partial charge in [-0.25, -0.2) is 8.42 Å². The van der Waals surface area contributed by atoms with Crippen molar-refractivity contribution in [3.05, 3.63) is 35.4 Å². The molecule has 0 aromatic heterocycles. The first-order valence-corrected chi connectivity index (χ1v) is 11.2. The molecule has 1 aromatic rings. The van der Waals surface area contributed by atoms with E-state index in [-0.39, 0.29) is 29.9 Å². The lowest BCUT2D eigenvalue weighted by Crippen LogP contribution is -2.33. The molecule has 6 nitrogen and oxygen atoms in total. The molecule has 1 aliphatic carbocycles. The van der Waals surface area contributed by atoms with Gasteiger partial charge in [-0.15, -0.1) is 0 Å². The quantitative estimate of drug-likeness (QED) is 0.705. The summed E-state index contributed by atoms with van der Waals surface area (Å²) in [4.78, 5) is 23.7. The molecule has 0 saturated heterocycles. The average molecular weight is 396 g/mol. The predicted molar refractivity (Wildman–Crippen MR) is 104 cm³/mol. The van der Waals surface area contributed by atoms with Gasteiger partial charge >= 0.3 is 5.97 Å². The monoisotopic (exact) mass is 395 g/mol. The molecular formula is C20H29NO5S. The number of carboxylic acids is 1. The summed E-state index contributed by atoms with van der Waals surface area (Å²) in [6, 6.07) is 6.94. The highest BCUT2D eigenvalue weighted by molar-refractivity contribution is 7.90. The number of carbonyl (C=O) groups excluding carboxylic acids is 1. The van der Waals surface area contributed by atoms with Crippen molar-refractivity contribution in [3.8, 4) is 0 Å². The molecule has 0 aliphatic heterocycles. The third kappa shape index (κ3) is 6.65. The second-order valence-corrected chi connectivity index (χ2v) is 11.0. The van der Waals surface area contributed by atoms with Crippen LogP contribution in [0.5, 0.6) is 0 Å². The number of benzene rings is 1. The maximum atomic E-state index is 12.5. The van der Waals surface area contributed by atoms with Crippen molar-refractivity contribution in [1.82, 2.24) is 5.32 Å². The fourth-order valence-electron chi connectivity index (χ4n) is 3.33. The Hall–Kier alpha value is -1.89. The van der Waals surface area contributed by atoms with Crippen LogP contribution in [0, 0.1) is 5.41 Å². The highest BCUT2D eigenvalue weighted by atomic mass is 32.2. The summed E-state index contributed by atoms with van der Waals surface area (Å²) in [6.45, 7) is 6.28. The largest absolute Gasteiger partial charge is 0.481 e. The van der Waals surface area contributed by atoms with Crippen LogP contribution in [-0.2, 0) is 24.8 Å². The van der Waals surface area contributed by atoms with E-state index in [1.807, 2.05) is 24.3 Å². The van der Waals surface area contributed by atoms with Crippen LogP contribution in [0.15, 0.2) is 24.3 Å². The molecular weight excluding hydrogens is 366 g/mol. The normalized spacial score (nSPS) is 17.2. The van der Waals surface area contributed by atoms with Gasteiger partial charge in [0.2, 0.25) is 5.91 Å². The van der Waals surface area contributed by atoms with Gasteiger partial charge in [0.25, 0.3) is 0 Å². The molecule has 0 radical (unpaired) electrons. The Kier molecular flexibility index (Phi) is 6.04. The summed E-state index contributed by atoms with van der Waals surface area (Å²) in [5.41, 5.74) is 1.35. The van der Waals surface area contributed by atoms with Gasteiger partial charge in [-0.05, 0) is 34.8 Å². The molecule has 0 bridgehead atoms. The summed E-state index contributed by atoms with van der Waals surface area (Å²) in [6.07, 6.45) is 2.47. The minimum Gasteiger partial charge on any atom is -0.481 e. The van der Waals surface area contributed by atoms with Crippen LogP contribution in [-0.4, -0.2) is 37.4 Å². The van der Waals surface area contributed by atoms with E-state index in [9.17, 15) is 23.1 Å². The molecule has 27 heavy (non-hydrogen) atoms. The van der Waals surface area contributed by atoms with Crippen LogP contribution in [0.2, 0.25) is 0 Å². The Morgan fingerprint density at radius 1 is 1.19 bits per heavy atom. The number of carboxylic acid groups (broad SMARTS) is 1. The zero-order valence-corrected chi connectivity index (χ0v) is 17.2. The number of sulfone groups is 1. The van der Waals surface area contributed by atoms with Crippen LogP contribution < -0.4 is 5.32 Å². The Bertz CT molecular complexity index is 802. The SMILES string of the molecule is CC(C)(C)c1ccc(C(CC(=O)O)NC(=O)CC2(CS(C)(=O)=O)CC2)cc1. The van der Waals surface area contributed by atoms with Crippen molar-refractivity contribution in [2.24, 2.45) is 5.41 Å². The van der Waals surface area contributed by atoms with Gasteiger partial charge in [-0.2, -0.15) is 0 Å². The number of amides is 1. The second kappa shape index (κ2) is 7.62. The summed E-state index contributed by atoms with van der Waals surface area (Å²) in [7, 11) is -3.16. The summed E-state index contributed by atoms with van der Waals surface area (Å²) in [5.74, 6) is -1.31.